The molecule has 0 amide bonds. The molecule has 2 aromatic carbocycles. The van der Waals surface area contributed by atoms with Gasteiger partial charge in [0.2, 0.25) is 0 Å². The zero-order valence-corrected chi connectivity index (χ0v) is 19.9. The van der Waals surface area contributed by atoms with Gasteiger partial charge in [-0.1, -0.05) is 81.4 Å². The summed E-state index contributed by atoms with van der Waals surface area (Å²) in [4.78, 5) is 16.0. The first-order valence-corrected chi connectivity index (χ1v) is 13.0. The Hall–Kier alpha value is -2.74. The number of hydrogen-bond donors (Lipinski definition) is 1. The monoisotopic (exact) mass is 449 g/mol. The number of aromatic nitrogens is 2. The molecule has 2 atom stereocenters. The van der Waals surface area contributed by atoms with Gasteiger partial charge in [-0.3, -0.25) is 4.57 Å². The third-order valence-corrected chi connectivity index (χ3v) is 11.2. The lowest BCUT2D eigenvalue weighted by Gasteiger charge is -2.43. The highest BCUT2D eigenvalue weighted by atomic mass is 28.4. The number of rotatable bonds is 6. The molecule has 0 spiro atoms. The Morgan fingerprint density at radius 3 is 2.16 bits per heavy atom. The minimum atomic E-state index is -2.61. The van der Waals surface area contributed by atoms with Crippen molar-refractivity contribution in [2.24, 2.45) is 0 Å². The van der Waals surface area contributed by atoms with Gasteiger partial charge in [0.1, 0.15) is 12.0 Å². The standard InChI is InChI=1S/C25H31N3O3Si/c1-25(2,3)32(20-10-6-4-7-11-20,21-12-8-5-9-13-21)30-18-19-14-15-23(31-19)28-17-16-22(26)27-24(28)29/h4-13,16-17,19,23H,14-15,18H2,1-3H3,(H2,26,27,29)/t19-,23?/m1/s1. The van der Waals surface area contributed by atoms with Crippen molar-refractivity contribution in [1.82, 2.24) is 9.55 Å². The largest absolute Gasteiger partial charge is 0.405 e. The van der Waals surface area contributed by atoms with Crippen LogP contribution in [0.2, 0.25) is 5.04 Å². The van der Waals surface area contributed by atoms with Gasteiger partial charge in [-0.2, -0.15) is 4.98 Å². The van der Waals surface area contributed by atoms with E-state index in [-0.39, 0.29) is 28.9 Å². The van der Waals surface area contributed by atoms with E-state index in [1.807, 2.05) is 12.1 Å². The molecule has 3 aromatic rings. The molecule has 1 unspecified atom stereocenters. The minimum Gasteiger partial charge on any atom is -0.405 e. The zero-order valence-electron chi connectivity index (χ0n) is 18.9. The SMILES string of the molecule is CC(C)(C)[Si](OC[C@H]1CCC(n2ccc(N)nc2=O)O1)(c1ccccc1)c1ccccc1. The summed E-state index contributed by atoms with van der Waals surface area (Å²) < 4.78 is 14.7. The molecule has 0 saturated carbocycles. The molecule has 0 bridgehead atoms. The van der Waals surface area contributed by atoms with Crippen LogP contribution in [0, 0.1) is 0 Å². The third-order valence-electron chi connectivity index (χ3n) is 6.15. The minimum absolute atomic E-state index is 0.0916. The summed E-state index contributed by atoms with van der Waals surface area (Å²) in [7, 11) is -2.61. The predicted octanol–water partition coefficient (Wildman–Crippen LogP) is 3.08. The van der Waals surface area contributed by atoms with Crippen molar-refractivity contribution in [3.05, 3.63) is 83.4 Å². The van der Waals surface area contributed by atoms with Crippen LogP contribution >= 0.6 is 0 Å². The third kappa shape index (κ3) is 4.28. The van der Waals surface area contributed by atoms with Crippen molar-refractivity contribution >= 4 is 24.5 Å². The van der Waals surface area contributed by atoms with Crippen molar-refractivity contribution < 1.29 is 9.16 Å². The highest BCUT2D eigenvalue weighted by Crippen LogP contribution is 2.37. The Kier molecular flexibility index (Phi) is 6.32. The molecule has 6 nitrogen and oxygen atoms in total. The average molecular weight is 450 g/mol. The second-order valence-electron chi connectivity index (χ2n) is 9.31. The summed E-state index contributed by atoms with van der Waals surface area (Å²) >= 11 is 0. The molecule has 1 aliphatic rings. The summed E-state index contributed by atoms with van der Waals surface area (Å²) in [5.74, 6) is 0.218. The quantitative estimate of drug-likeness (QED) is 0.585. The van der Waals surface area contributed by atoms with E-state index < -0.39 is 8.32 Å². The normalized spacial score (nSPS) is 19.2. The first-order chi connectivity index (χ1) is 15.3. The van der Waals surface area contributed by atoms with Crippen LogP contribution in [0.3, 0.4) is 0 Å². The second kappa shape index (κ2) is 9.01. The van der Waals surface area contributed by atoms with Crippen LogP contribution < -0.4 is 21.8 Å². The molecule has 1 aromatic heterocycles. The molecule has 1 aliphatic heterocycles. The lowest BCUT2D eigenvalue weighted by Crippen LogP contribution is -2.67. The number of nitrogen functional groups attached to an aromatic ring is 1. The van der Waals surface area contributed by atoms with Crippen molar-refractivity contribution in [3.8, 4) is 0 Å². The second-order valence-corrected chi connectivity index (χ2v) is 13.6. The predicted molar refractivity (Wildman–Crippen MR) is 130 cm³/mol. The first-order valence-electron chi connectivity index (χ1n) is 11.1. The van der Waals surface area contributed by atoms with E-state index in [2.05, 4.69) is 74.3 Å². The van der Waals surface area contributed by atoms with Crippen molar-refractivity contribution in [3.63, 3.8) is 0 Å². The van der Waals surface area contributed by atoms with E-state index in [0.717, 1.165) is 12.8 Å². The molecule has 7 heteroatoms. The summed E-state index contributed by atoms with van der Waals surface area (Å²) in [5, 5.41) is 2.39. The number of anilines is 1. The Balaban J connectivity index is 1.61. The highest BCUT2D eigenvalue weighted by molar-refractivity contribution is 6.99. The first kappa shape index (κ1) is 22.5. The lowest BCUT2D eigenvalue weighted by atomic mass is 10.2. The number of benzene rings is 2. The highest BCUT2D eigenvalue weighted by Gasteiger charge is 2.50. The molecular weight excluding hydrogens is 418 g/mol. The fourth-order valence-corrected chi connectivity index (χ4v) is 9.23. The van der Waals surface area contributed by atoms with Crippen LogP contribution in [0.4, 0.5) is 5.82 Å². The molecule has 4 rings (SSSR count). The topological polar surface area (TPSA) is 79.4 Å². The van der Waals surface area contributed by atoms with Gasteiger partial charge in [0.05, 0.1) is 12.7 Å². The van der Waals surface area contributed by atoms with Gasteiger partial charge in [0.15, 0.2) is 0 Å². The molecule has 1 saturated heterocycles. The molecule has 168 valence electrons. The lowest BCUT2D eigenvalue weighted by molar-refractivity contribution is -0.0214. The summed E-state index contributed by atoms with van der Waals surface area (Å²) in [6.45, 7) is 7.26. The maximum absolute atomic E-state index is 12.2. The van der Waals surface area contributed by atoms with Crippen LogP contribution in [-0.2, 0) is 9.16 Å². The van der Waals surface area contributed by atoms with Gasteiger partial charge in [-0.25, -0.2) is 4.79 Å². The van der Waals surface area contributed by atoms with Crippen LogP contribution in [0.1, 0.15) is 39.8 Å². The average Bonchev–Trinajstić information content (AvgIpc) is 3.23. The molecule has 0 aliphatic carbocycles. The Morgan fingerprint density at radius 1 is 1.03 bits per heavy atom. The van der Waals surface area contributed by atoms with E-state index in [4.69, 9.17) is 14.9 Å². The number of hydrogen-bond acceptors (Lipinski definition) is 5. The molecule has 1 fully saturated rings. The number of ether oxygens (including phenoxy) is 1. The van der Waals surface area contributed by atoms with Crippen LogP contribution in [0.25, 0.3) is 0 Å². The fraction of sp³-hybridized carbons (Fsp3) is 0.360. The zero-order chi connectivity index (χ0) is 22.8. The van der Waals surface area contributed by atoms with Gasteiger partial charge >= 0.3 is 5.69 Å². The number of nitrogens with zero attached hydrogens (tertiary/aromatic N) is 2. The maximum Gasteiger partial charge on any atom is 0.351 e. The van der Waals surface area contributed by atoms with Crippen LogP contribution in [0.5, 0.6) is 0 Å². The van der Waals surface area contributed by atoms with E-state index >= 15 is 0 Å². The summed E-state index contributed by atoms with van der Waals surface area (Å²) in [5.41, 5.74) is 5.23. The summed E-state index contributed by atoms with van der Waals surface area (Å²) in [6, 6.07) is 22.8. The van der Waals surface area contributed by atoms with Crippen LogP contribution in [-0.4, -0.2) is 30.6 Å². The van der Waals surface area contributed by atoms with Gasteiger partial charge < -0.3 is 14.9 Å². The molecule has 32 heavy (non-hydrogen) atoms. The molecule has 2 heterocycles. The number of nitrogens with two attached hydrogens (primary N) is 1. The summed E-state index contributed by atoms with van der Waals surface area (Å²) in [6.07, 6.45) is 2.77. The van der Waals surface area contributed by atoms with Crippen molar-refractivity contribution in [1.29, 1.82) is 0 Å². The molecular formula is C25H31N3O3Si. The maximum atomic E-state index is 12.2. The van der Waals surface area contributed by atoms with E-state index in [1.54, 1.807) is 12.3 Å². The van der Waals surface area contributed by atoms with Crippen molar-refractivity contribution in [2.45, 2.75) is 51.0 Å². The van der Waals surface area contributed by atoms with Crippen molar-refractivity contribution in [2.75, 3.05) is 12.3 Å². The Morgan fingerprint density at radius 2 is 1.62 bits per heavy atom. The molecule has 0 radical (unpaired) electrons. The Bertz CT molecular complexity index is 1060. The van der Waals surface area contributed by atoms with E-state index in [9.17, 15) is 4.79 Å². The smallest absolute Gasteiger partial charge is 0.351 e. The van der Waals surface area contributed by atoms with Gasteiger partial charge in [0.25, 0.3) is 8.32 Å². The van der Waals surface area contributed by atoms with Crippen LogP contribution in [0.15, 0.2) is 77.7 Å². The van der Waals surface area contributed by atoms with Gasteiger partial charge in [-0.15, -0.1) is 0 Å². The van der Waals surface area contributed by atoms with Gasteiger partial charge in [-0.05, 0) is 34.3 Å². The van der Waals surface area contributed by atoms with E-state index in [1.165, 1.54) is 14.9 Å². The Labute approximate surface area is 190 Å². The van der Waals surface area contributed by atoms with Gasteiger partial charge in [0, 0.05) is 6.20 Å². The van der Waals surface area contributed by atoms with E-state index in [0.29, 0.717) is 6.61 Å². The molecule has 2 N–H and O–H groups in total. The fourth-order valence-electron chi connectivity index (χ4n) is 4.64.